The van der Waals surface area contributed by atoms with Crippen molar-refractivity contribution in [1.29, 1.82) is 0 Å². The van der Waals surface area contributed by atoms with E-state index in [0.717, 1.165) is 28.3 Å². The van der Waals surface area contributed by atoms with E-state index in [-0.39, 0.29) is 6.61 Å². The summed E-state index contributed by atoms with van der Waals surface area (Å²) in [6.07, 6.45) is 1.74. The molecule has 0 aliphatic rings. The number of hydrogen-bond acceptors (Lipinski definition) is 7. The summed E-state index contributed by atoms with van der Waals surface area (Å²) in [4.78, 5) is 6.46. The molecular formula is C23H28N2O5. The Morgan fingerprint density at radius 2 is 1.47 bits per heavy atom. The molecule has 2 aromatic carbocycles. The highest BCUT2D eigenvalue weighted by Crippen LogP contribution is 2.28. The first kappa shape index (κ1) is 21.8. The van der Waals surface area contributed by atoms with Crippen molar-refractivity contribution in [2.45, 2.75) is 0 Å². The van der Waals surface area contributed by atoms with E-state index in [9.17, 15) is 0 Å². The van der Waals surface area contributed by atoms with Crippen LogP contribution in [-0.2, 0) is 9.47 Å². The van der Waals surface area contributed by atoms with Gasteiger partial charge in [0.15, 0.2) is 5.76 Å². The Balaban J connectivity index is 1.48. The van der Waals surface area contributed by atoms with E-state index in [1.165, 1.54) is 0 Å². The van der Waals surface area contributed by atoms with Gasteiger partial charge in [-0.25, -0.2) is 4.98 Å². The van der Waals surface area contributed by atoms with Crippen molar-refractivity contribution >= 4 is 5.69 Å². The van der Waals surface area contributed by atoms with E-state index in [2.05, 4.69) is 22.0 Å². The molecule has 0 saturated carbocycles. The Bertz CT molecular complexity index is 875. The van der Waals surface area contributed by atoms with Gasteiger partial charge in [0.05, 0.1) is 39.2 Å². The molecule has 0 aliphatic heterocycles. The first-order valence-corrected chi connectivity index (χ1v) is 9.90. The van der Waals surface area contributed by atoms with Crippen LogP contribution in [0, 0.1) is 0 Å². The molecule has 7 nitrogen and oxygen atoms in total. The lowest BCUT2D eigenvalue weighted by Crippen LogP contribution is -2.11. The highest BCUT2D eigenvalue weighted by molar-refractivity contribution is 5.64. The van der Waals surface area contributed by atoms with Gasteiger partial charge in [0.25, 0.3) is 0 Å². The van der Waals surface area contributed by atoms with Gasteiger partial charge in [0.1, 0.15) is 12.4 Å². The Morgan fingerprint density at radius 3 is 2.13 bits per heavy atom. The maximum Gasteiger partial charge on any atom is 0.226 e. The molecule has 0 unspecified atom stereocenters. The number of aliphatic hydroxyl groups is 1. The molecular weight excluding hydrogens is 384 g/mol. The number of aliphatic hydroxyl groups excluding tert-OH is 1. The number of anilines is 1. The number of hydrogen-bond donors (Lipinski definition) is 1. The van der Waals surface area contributed by atoms with Crippen molar-refractivity contribution in [3.05, 3.63) is 54.7 Å². The summed E-state index contributed by atoms with van der Waals surface area (Å²) < 4.78 is 22.1. The van der Waals surface area contributed by atoms with Gasteiger partial charge in [-0.05, 0) is 48.5 Å². The summed E-state index contributed by atoms with van der Waals surface area (Å²) >= 11 is 0. The zero-order valence-electron chi connectivity index (χ0n) is 17.4. The van der Waals surface area contributed by atoms with Gasteiger partial charge < -0.3 is 28.6 Å². The van der Waals surface area contributed by atoms with Crippen molar-refractivity contribution in [1.82, 2.24) is 4.98 Å². The first-order valence-electron chi connectivity index (χ1n) is 9.90. The standard InChI is InChI=1S/C23H28N2O5/c1-25(2)20-7-3-18(4-8-20)22-17-24-23(30-22)19-5-9-21(10-6-19)29-16-15-28-14-13-27-12-11-26/h3-10,17,26H,11-16H2,1-2H3. The van der Waals surface area contributed by atoms with Gasteiger partial charge in [-0.3, -0.25) is 0 Å². The zero-order chi connectivity index (χ0) is 21.2. The lowest BCUT2D eigenvalue weighted by atomic mass is 10.1. The third-order valence-corrected chi connectivity index (χ3v) is 4.38. The van der Waals surface area contributed by atoms with Gasteiger partial charge in [-0.15, -0.1) is 0 Å². The van der Waals surface area contributed by atoms with Crippen molar-refractivity contribution < 1.29 is 23.7 Å². The molecule has 0 amide bonds. The van der Waals surface area contributed by atoms with Crippen molar-refractivity contribution in [2.24, 2.45) is 0 Å². The van der Waals surface area contributed by atoms with Crippen molar-refractivity contribution in [2.75, 3.05) is 58.6 Å². The Morgan fingerprint density at radius 1 is 0.833 bits per heavy atom. The van der Waals surface area contributed by atoms with Crippen molar-refractivity contribution in [3.63, 3.8) is 0 Å². The molecule has 0 bridgehead atoms. The maximum atomic E-state index is 8.61. The van der Waals surface area contributed by atoms with E-state index < -0.39 is 0 Å². The molecule has 1 heterocycles. The second-order valence-corrected chi connectivity index (χ2v) is 6.79. The van der Waals surface area contributed by atoms with E-state index in [1.54, 1.807) is 6.20 Å². The molecule has 0 aliphatic carbocycles. The predicted molar refractivity (Wildman–Crippen MR) is 116 cm³/mol. The molecule has 3 rings (SSSR count). The fourth-order valence-corrected chi connectivity index (χ4v) is 2.76. The molecule has 0 spiro atoms. The number of rotatable bonds is 12. The van der Waals surface area contributed by atoms with Crippen molar-refractivity contribution in [3.8, 4) is 28.5 Å². The van der Waals surface area contributed by atoms with Gasteiger partial charge in [-0.2, -0.15) is 0 Å². The van der Waals surface area contributed by atoms with Crippen LogP contribution >= 0.6 is 0 Å². The van der Waals surface area contributed by atoms with E-state index in [1.807, 2.05) is 50.5 Å². The van der Waals surface area contributed by atoms with Crippen LogP contribution in [0.15, 0.2) is 59.1 Å². The SMILES string of the molecule is CN(C)c1ccc(-c2cnc(-c3ccc(OCCOCCOCCO)cc3)o2)cc1. The van der Waals surface area contributed by atoms with Gasteiger partial charge in [0.2, 0.25) is 5.89 Å². The van der Waals surface area contributed by atoms with Crippen LogP contribution in [0.5, 0.6) is 5.75 Å². The maximum absolute atomic E-state index is 8.61. The number of aromatic nitrogens is 1. The Labute approximate surface area is 176 Å². The number of ether oxygens (including phenoxy) is 3. The lowest BCUT2D eigenvalue weighted by Gasteiger charge is -2.11. The molecule has 0 radical (unpaired) electrons. The highest BCUT2D eigenvalue weighted by atomic mass is 16.5. The normalized spacial score (nSPS) is 10.9. The van der Waals surface area contributed by atoms with E-state index >= 15 is 0 Å². The minimum atomic E-state index is 0.0256. The van der Waals surface area contributed by atoms with Crippen LogP contribution in [-0.4, -0.2) is 63.8 Å². The third kappa shape index (κ3) is 6.32. The summed E-state index contributed by atoms with van der Waals surface area (Å²) in [5.41, 5.74) is 3.01. The molecule has 7 heteroatoms. The molecule has 30 heavy (non-hydrogen) atoms. The van der Waals surface area contributed by atoms with Crippen LogP contribution < -0.4 is 9.64 Å². The predicted octanol–water partition coefficient (Wildman–Crippen LogP) is 3.48. The Kier molecular flexibility index (Phi) is 8.26. The highest BCUT2D eigenvalue weighted by Gasteiger charge is 2.09. The molecule has 1 N–H and O–H groups in total. The monoisotopic (exact) mass is 412 g/mol. The van der Waals surface area contributed by atoms with Gasteiger partial charge in [0, 0.05) is 30.9 Å². The van der Waals surface area contributed by atoms with Crippen LogP contribution in [0.3, 0.4) is 0 Å². The van der Waals surface area contributed by atoms with Crippen LogP contribution in [0.1, 0.15) is 0 Å². The van der Waals surface area contributed by atoms with Gasteiger partial charge in [-0.1, -0.05) is 0 Å². The number of nitrogens with zero attached hydrogens (tertiary/aromatic N) is 2. The average Bonchev–Trinajstić information content (AvgIpc) is 3.26. The smallest absolute Gasteiger partial charge is 0.226 e. The molecule has 0 atom stereocenters. The molecule has 1 aromatic heterocycles. The molecule has 0 fully saturated rings. The summed E-state index contributed by atoms with van der Waals surface area (Å²) in [6.45, 7) is 2.23. The van der Waals surface area contributed by atoms with Gasteiger partial charge >= 0.3 is 0 Å². The first-order chi connectivity index (χ1) is 14.7. The third-order valence-electron chi connectivity index (χ3n) is 4.38. The van der Waals surface area contributed by atoms with Crippen LogP contribution in [0.2, 0.25) is 0 Å². The van der Waals surface area contributed by atoms with E-state index in [4.69, 9.17) is 23.7 Å². The number of oxazole rings is 1. The summed E-state index contributed by atoms with van der Waals surface area (Å²) in [7, 11) is 4.02. The minimum Gasteiger partial charge on any atom is -0.491 e. The van der Waals surface area contributed by atoms with Crippen LogP contribution in [0.4, 0.5) is 5.69 Å². The Hall–Kier alpha value is -2.87. The summed E-state index contributed by atoms with van der Waals surface area (Å²) in [5, 5.41) is 8.61. The largest absolute Gasteiger partial charge is 0.491 e. The van der Waals surface area contributed by atoms with E-state index in [0.29, 0.717) is 38.9 Å². The zero-order valence-corrected chi connectivity index (χ0v) is 17.4. The molecule has 0 saturated heterocycles. The summed E-state index contributed by atoms with van der Waals surface area (Å²) in [5.74, 6) is 2.06. The average molecular weight is 412 g/mol. The fraction of sp³-hybridized carbons (Fsp3) is 0.348. The second kappa shape index (κ2) is 11.3. The fourth-order valence-electron chi connectivity index (χ4n) is 2.76. The molecule has 160 valence electrons. The van der Waals surface area contributed by atoms with Crippen LogP contribution in [0.25, 0.3) is 22.8 Å². The second-order valence-electron chi connectivity index (χ2n) is 6.79. The topological polar surface area (TPSA) is 77.2 Å². The number of benzene rings is 2. The summed E-state index contributed by atoms with van der Waals surface area (Å²) in [6, 6.07) is 15.8. The quantitative estimate of drug-likeness (QED) is 0.456. The molecule has 3 aromatic rings. The minimum absolute atomic E-state index is 0.0256. The lowest BCUT2D eigenvalue weighted by molar-refractivity contribution is 0.0247.